The number of rotatable bonds is 3. The number of carbonyl (C=O) groups excluding carboxylic acids is 1. The van der Waals surface area contributed by atoms with Crippen molar-refractivity contribution in [2.45, 2.75) is 18.9 Å². The van der Waals surface area contributed by atoms with Gasteiger partial charge in [0, 0.05) is 18.2 Å². The van der Waals surface area contributed by atoms with E-state index in [0.717, 1.165) is 18.2 Å². The number of benzene rings is 1. The van der Waals surface area contributed by atoms with Crippen molar-refractivity contribution in [3.63, 3.8) is 0 Å². The van der Waals surface area contributed by atoms with Crippen molar-refractivity contribution >= 4 is 5.97 Å². The van der Waals surface area contributed by atoms with Gasteiger partial charge in [-0.3, -0.25) is 4.79 Å². The Morgan fingerprint density at radius 3 is 2.35 bits per heavy atom. The lowest BCUT2D eigenvalue weighted by atomic mass is 9.82. The average Bonchev–Trinajstić information content (AvgIpc) is 2.20. The van der Waals surface area contributed by atoms with Gasteiger partial charge in [-0.25, -0.2) is 8.78 Å². The summed E-state index contributed by atoms with van der Waals surface area (Å²) < 4.78 is 35.7. The number of esters is 1. The summed E-state index contributed by atoms with van der Waals surface area (Å²) in [5, 5.41) is 0. The van der Waals surface area contributed by atoms with Crippen LogP contribution in [-0.2, 0) is 9.53 Å². The lowest BCUT2D eigenvalue weighted by molar-refractivity contribution is -0.151. The van der Waals surface area contributed by atoms with E-state index in [1.165, 1.54) is 7.11 Å². The third-order valence-corrected chi connectivity index (χ3v) is 2.77. The Hall–Kier alpha value is -1.65. The first kappa shape index (κ1) is 11.8. The van der Waals surface area contributed by atoms with Gasteiger partial charge in [0.25, 0.3) is 0 Å². The van der Waals surface area contributed by atoms with Crippen LogP contribution in [-0.4, -0.2) is 19.2 Å². The first-order valence-corrected chi connectivity index (χ1v) is 5.29. The van der Waals surface area contributed by atoms with Gasteiger partial charge in [0.15, 0.2) is 0 Å². The highest BCUT2D eigenvalue weighted by Crippen LogP contribution is 2.32. The summed E-state index contributed by atoms with van der Waals surface area (Å²) in [5.74, 6) is -1.64. The third kappa shape index (κ3) is 2.72. The normalized spacial score (nSPS) is 22.8. The van der Waals surface area contributed by atoms with Crippen LogP contribution in [0.5, 0.6) is 5.75 Å². The largest absolute Gasteiger partial charge is 0.490 e. The summed E-state index contributed by atoms with van der Waals surface area (Å²) >= 11 is 0. The molecule has 0 heterocycles. The van der Waals surface area contributed by atoms with Crippen LogP contribution in [0.2, 0.25) is 0 Å². The molecule has 17 heavy (non-hydrogen) atoms. The van der Waals surface area contributed by atoms with Crippen LogP contribution in [0.25, 0.3) is 0 Å². The molecule has 0 aliphatic heterocycles. The molecule has 0 bridgehead atoms. The summed E-state index contributed by atoms with van der Waals surface area (Å²) in [6.45, 7) is 0. The van der Waals surface area contributed by atoms with Crippen molar-refractivity contribution in [1.29, 1.82) is 0 Å². The second-order valence-corrected chi connectivity index (χ2v) is 4.04. The van der Waals surface area contributed by atoms with Crippen molar-refractivity contribution < 1.29 is 23.0 Å². The Kier molecular flexibility index (Phi) is 3.26. The van der Waals surface area contributed by atoms with Gasteiger partial charge in [-0.1, -0.05) is 0 Å². The van der Waals surface area contributed by atoms with E-state index in [4.69, 9.17) is 4.74 Å². The molecule has 92 valence electrons. The van der Waals surface area contributed by atoms with E-state index in [-0.39, 0.29) is 23.7 Å². The van der Waals surface area contributed by atoms with Crippen molar-refractivity contribution in [1.82, 2.24) is 0 Å². The number of ether oxygens (including phenoxy) is 2. The second kappa shape index (κ2) is 4.69. The summed E-state index contributed by atoms with van der Waals surface area (Å²) in [7, 11) is 1.33. The van der Waals surface area contributed by atoms with Crippen molar-refractivity contribution in [2.75, 3.05) is 7.11 Å². The van der Waals surface area contributed by atoms with Gasteiger partial charge in [0.05, 0.1) is 13.0 Å². The molecule has 0 radical (unpaired) electrons. The quantitative estimate of drug-likeness (QED) is 0.763. The van der Waals surface area contributed by atoms with Crippen LogP contribution in [0.1, 0.15) is 12.8 Å². The monoisotopic (exact) mass is 242 g/mol. The number of halogens is 2. The second-order valence-electron chi connectivity index (χ2n) is 4.04. The molecule has 1 saturated carbocycles. The Labute approximate surface area is 97.3 Å². The highest BCUT2D eigenvalue weighted by molar-refractivity contribution is 5.73. The Morgan fingerprint density at radius 2 is 1.82 bits per heavy atom. The molecule has 2 rings (SSSR count). The molecule has 3 nitrogen and oxygen atoms in total. The average molecular weight is 242 g/mol. The Morgan fingerprint density at radius 1 is 1.24 bits per heavy atom. The fourth-order valence-corrected chi connectivity index (χ4v) is 1.81. The van der Waals surface area contributed by atoms with Gasteiger partial charge < -0.3 is 9.47 Å². The van der Waals surface area contributed by atoms with Crippen LogP contribution in [0.3, 0.4) is 0 Å². The number of carbonyl (C=O) groups is 1. The first-order chi connectivity index (χ1) is 8.08. The molecule has 1 fully saturated rings. The van der Waals surface area contributed by atoms with Crippen molar-refractivity contribution in [3.8, 4) is 5.75 Å². The topological polar surface area (TPSA) is 35.5 Å². The lowest BCUT2D eigenvalue weighted by Gasteiger charge is -2.33. The molecular formula is C12H12F2O3. The van der Waals surface area contributed by atoms with Crippen LogP contribution in [0.4, 0.5) is 8.78 Å². The zero-order valence-corrected chi connectivity index (χ0v) is 9.28. The minimum atomic E-state index is -0.677. The van der Waals surface area contributed by atoms with Crippen LogP contribution < -0.4 is 4.74 Å². The predicted octanol–water partition coefficient (Wildman–Crippen LogP) is 2.30. The van der Waals surface area contributed by atoms with Crippen LogP contribution in [0.15, 0.2) is 18.2 Å². The maximum absolute atomic E-state index is 12.9. The molecule has 0 unspecified atom stereocenters. The van der Waals surface area contributed by atoms with E-state index < -0.39 is 11.6 Å². The standard InChI is InChI=1S/C12H12F2O3/c1-16-12(15)7-2-10(3-7)17-11-5-8(13)4-9(14)6-11/h4-7,10H,2-3H2,1H3. The predicted molar refractivity (Wildman–Crippen MR) is 55.5 cm³/mol. The molecule has 1 aromatic rings. The summed E-state index contributed by atoms with van der Waals surface area (Å²) in [6.07, 6.45) is 0.857. The third-order valence-electron chi connectivity index (χ3n) is 2.77. The summed E-state index contributed by atoms with van der Waals surface area (Å²) in [4.78, 5) is 11.1. The van der Waals surface area contributed by atoms with Gasteiger partial charge in [0.1, 0.15) is 23.5 Å². The van der Waals surface area contributed by atoms with Gasteiger partial charge in [-0.15, -0.1) is 0 Å². The molecule has 0 aromatic heterocycles. The summed E-state index contributed by atoms with van der Waals surface area (Å²) in [5.41, 5.74) is 0. The molecular weight excluding hydrogens is 230 g/mol. The van der Waals surface area contributed by atoms with Gasteiger partial charge in [-0.05, 0) is 12.8 Å². The molecule has 1 aliphatic rings. The van der Waals surface area contributed by atoms with Gasteiger partial charge in [0.2, 0.25) is 0 Å². The number of hydrogen-bond donors (Lipinski definition) is 0. The van der Waals surface area contributed by atoms with E-state index in [0.29, 0.717) is 12.8 Å². The summed E-state index contributed by atoms with van der Waals surface area (Å²) in [6, 6.07) is 3.02. The highest BCUT2D eigenvalue weighted by atomic mass is 19.1. The van der Waals surface area contributed by atoms with Gasteiger partial charge >= 0.3 is 5.97 Å². The fourth-order valence-electron chi connectivity index (χ4n) is 1.81. The molecule has 0 spiro atoms. The van der Waals surface area contributed by atoms with Crippen molar-refractivity contribution in [3.05, 3.63) is 29.8 Å². The van der Waals surface area contributed by atoms with Crippen LogP contribution in [0, 0.1) is 17.6 Å². The molecule has 0 N–H and O–H groups in total. The van der Waals surface area contributed by atoms with E-state index in [1.807, 2.05) is 0 Å². The van der Waals surface area contributed by atoms with E-state index >= 15 is 0 Å². The highest BCUT2D eigenvalue weighted by Gasteiger charge is 2.36. The smallest absolute Gasteiger partial charge is 0.308 e. The Balaban J connectivity index is 1.89. The number of hydrogen-bond acceptors (Lipinski definition) is 3. The SMILES string of the molecule is COC(=O)C1CC(Oc2cc(F)cc(F)c2)C1. The molecule has 5 heteroatoms. The zero-order chi connectivity index (χ0) is 12.4. The molecule has 0 atom stereocenters. The molecule has 1 aliphatic carbocycles. The van der Waals surface area contributed by atoms with Crippen LogP contribution >= 0.6 is 0 Å². The fraction of sp³-hybridized carbons (Fsp3) is 0.417. The first-order valence-electron chi connectivity index (χ1n) is 5.29. The molecule has 0 amide bonds. The minimum absolute atomic E-state index is 0.149. The molecule has 0 saturated heterocycles. The van der Waals surface area contributed by atoms with E-state index in [1.54, 1.807) is 0 Å². The van der Waals surface area contributed by atoms with Gasteiger partial charge in [-0.2, -0.15) is 0 Å². The molecule has 1 aromatic carbocycles. The zero-order valence-electron chi connectivity index (χ0n) is 9.28. The van der Waals surface area contributed by atoms with E-state index in [9.17, 15) is 13.6 Å². The van der Waals surface area contributed by atoms with E-state index in [2.05, 4.69) is 4.74 Å². The maximum Gasteiger partial charge on any atom is 0.308 e. The lowest BCUT2D eigenvalue weighted by Crippen LogP contribution is -2.38. The maximum atomic E-state index is 12.9. The number of methoxy groups -OCH3 is 1. The van der Waals surface area contributed by atoms with Crippen molar-refractivity contribution in [2.24, 2.45) is 5.92 Å². The Bertz CT molecular complexity index is 408. The minimum Gasteiger partial charge on any atom is -0.490 e.